The third kappa shape index (κ3) is 13.2. The van der Waals surface area contributed by atoms with Gasteiger partial charge in [0, 0.05) is 12.7 Å². The highest BCUT2D eigenvalue weighted by molar-refractivity contribution is 7.98. The first-order valence-corrected chi connectivity index (χ1v) is 8.97. The summed E-state index contributed by atoms with van der Waals surface area (Å²) in [6.07, 6.45) is 1.48. The summed E-state index contributed by atoms with van der Waals surface area (Å²) in [6.45, 7) is 3.84. The fraction of sp³-hybridized carbons (Fsp3) is 0.600. The van der Waals surface area contributed by atoms with Crippen molar-refractivity contribution in [2.75, 3.05) is 12.0 Å². The minimum Gasteiger partial charge on any atom is -0.481 e. The number of carboxylic acids is 1. The van der Waals surface area contributed by atoms with Crippen molar-refractivity contribution in [2.24, 2.45) is 0 Å². The number of carbonyl (C=O) groups is 5. The van der Waals surface area contributed by atoms with Gasteiger partial charge in [0.25, 0.3) is 0 Å². The van der Waals surface area contributed by atoms with E-state index in [1.54, 1.807) is 6.26 Å². The molecule has 0 radical (unpaired) electrons. The lowest BCUT2D eigenvalue weighted by Gasteiger charge is -2.21. The van der Waals surface area contributed by atoms with Crippen molar-refractivity contribution < 1.29 is 38.7 Å². The van der Waals surface area contributed by atoms with Crippen molar-refractivity contribution in [1.29, 1.82) is 0 Å². The molecule has 0 aromatic carbocycles. The van der Waals surface area contributed by atoms with E-state index in [4.69, 9.17) is 14.7 Å². The lowest BCUT2D eigenvalue weighted by atomic mass is 10.1. The molecule has 0 aliphatic rings. The summed E-state index contributed by atoms with van der Waals surface area (Å²) in [5.74, 6) is -3.00. The molecule has 11 nitrogen and oxygen atoms in total. The monoisotopic (exact) mass is 405 g/mol. The van der Waals surface area contributed by atoms with Gasteiger partial charge in [-0.25, -0.2) is 0 Å². The Bertz CT molecular complexity index is 590. The van der Waals surface area contributed by atoms with E-state index in [1.165, 1.54) is 32.5 Å². The molecule has 0 bridgehead atoms. The van der Waals surface area contributed by atoms with E-state index >= 15 is 0 Å². The van der Waals surface area contributed by atoms with Crippen LogP contribution in [0, 0.1) is 0 Å². The molecule has 0 aliphatic carbocycles. The summed E-state index contributed by atoms with van der Waals surface area (Å²) >= 11 is 1.35. The molecule has 0 saturated heterocycles. The summed E-state index contributed by atoms with van der Waals surface area (Å²) < 4.78 is 0. The zero-order valence-electron chi connectivity index (χ0n) is 15.4. The van der Waals surface area contributed by atoms with Gasteiger partial charge in [-0.2, -0.15) is 21.4 Å². The van der Waals surface area contributed by atoms with E-state index in [0.29, 0.717) is 5.75 Å². The molecule has 12 heteroatoms. The number of carbonyl (C=O) groups excluding carboxylic acids is 6. The second-order valence-electron chi connectivity index (χ2n) is 5.29. The molecule has 0 aromatic heterocycles. The predicted octanol–water partition coefficient (Wildman–Crippen LogP) is -1.68. The molecular formula is C15H23N3O8S. The van der Waals surface area contributed by atoms with Crippen LogP contribution in [0.2, 0.25) is 0 Å². The van der Waals surface area contributed by atoms with E-state index < -0.39 is 48.1 Å². The first-order valence-electron chi connectivity index (χ1n) is 7.58. The third-order valence-corrected chi connectivity index (χ3v) is 3.63. The Balaban J connectivity index is 0. The van der Waals surface area contributed by atoms with Crippen molar-refractivity contribution in [1.82, 2.24) is 16.0 Å². The van der Waals surface area contributed by atoms with Crippen molar-refractivity contribution in [3.8, 4) is 0 Å². The normalized spacial score (nSPS) is 12.7. The highest BCUT2D eigenvalue weighted by Gasteiger charge is 2.26. The van der Waals surface area contributed by atoms with Crippen LogP contribution in [0.5, 0.6) is 0 Å². The fourth-order valence-corrected chi connectivity index (χ4v) is 2.31. The average Bonchev–Trinajstić information content (AvgIpc) is 2.53. The highest BCUT2D eigenvalue weighted by Crippen LogP contribution is 2.00. The maximum atomic E-state index is 12.1. The molecule has 0 unspecified atom stereocenters. The predicted molar refractivity (Wildman–Crippen MR) is 93.5 cm³/mol. The molecule has 0 aromatic rings. The fourth-order valence-electron chi connectivity index (χ4n) is 1.74. The number of aliphatic carboxylic acids is 1. The Morgan fingerprint density at radius 2 is 1.48 bits per heavy atom. The Labute approximate surface area is 160 Å². The van der Waals surface area contributed by atoms with Gasteiger partial charge in [-0.3, -0.25) is 24.0 Å². The molecule has 0 aliphatic heterocycles. The lowest BCUT2D eigenvalue weighted by molar-refractivity contribution is -0.191. The summed E-state index contributed by atoms with van der Waals surface area (Å²) in [5, 5.41) is 15.9. The molecule has 4 N–H and O–H groups in total. The van der Waals surface area contributed by atoms with Crippen LogP contribution < -0.4 is 16.0 Å². The number of amides is 3. The lowest BCUT2D eigenvalue weighted by Crippen LogP contribution is -2.55. The number of nitrogens with one attached hydrogen (secondary N) is 3. The van der Waals surface area contributed by atoms with Crippen molar-refractivity contribution >= 4 is 47.4 Å². The molecule has 0 heterocycles. The number of carboxylic acid groups (broad SMARTS) is 1. The van der Waals surface area contributed by atoms with Crippen molar-refractivity contribution in [3.63, 3.8) is 0 Å². The first-order chi connectivity index (χ1) is 12.5. The SMILES string of the molecule is CSC[C@H](NC(C)=O)C(=O)N[C@@H](C)C(=O)N[C@@H](CC(=O)O)C(C)=O.O=C=O. The topological polar surface area (TPSA) is 176 Å². The van der Waals surface area contributed by atoms with Gasteiger partial charge in [-0.05, 0) is 20.1 Å². The maximum absolute atomic E-state index is 12.1. The highest BCUT2D eigenvalue weighted by atomic mass is 32.2. The molecule has 0 rings (SSSR count). The number of rotatable bonds is 10. The third-order valence-electron chi connectivity index (χ3n) is 2.97. The molecule has 3 amide bonds. The van der Waals surface area contributed by atoms with Gasteiger partial charge in [0.15, 0.2) is 5.78 Å². The van der Waals surface area contributed by atoms with E-state index in [1.807, 2.05) is 0 Å². The van der Waals surface area contributed by atoms with Crippen LogP contribution in [-0.2, 0) is 33.6 Å². The molecule has 0 fully saturated rings. The van der Waals surface area contributed by atoms with Crippen LogP contribution >= 0.6 is 11.8 Å². The molecule has 0 saturated carbocycles. The summed E-state index contributed by atoms with van der Waals surface area (Å²) in [7, 11) is 0. The number of ketones is 1. The summed E-state index contributed by atoms with van der Waals surface area (Å²) in [6, 6.07) is -2.95. The first kappa shape index (κ1) is 26.5. The van der Waals surface area contributed by atoms with Crippen LogP contribution in [0.15, 0.2) is 0 Å². The van der Waals surface area contributed by atoms with E-state index in [2.05, 4.69) is 16.0 Å². The zero-order chi connectivity index (χ0) is 21.6. The van der Waals surface area contributed by atoms with Gasteiger partial charge in [0.1, 0.15) is 12.1 Å². The number of hydrogen-bond acceptors (Lipinski definition) is 8. The molecule has 152 valence electrons. The molecule has 0 spiro atoms. The quantitative estimate of drug-likeness (QED) is 0.331. The van der Waals surface area contributed by atoms with Crippen LogP contribution in [-0.4, -0.2) is 70.9 Å². The maximum Gasteiger partial charge on any atom is 0.373 e. The summed E-state index contributed by atoms with van der Waals surface area (Å²) in [5.41, 5.74) is 0. The largest absolute Gasteiger partial charge is 0.481 e. The van der Waals surface area contributed by atoms with E-state index in [-0.39, 0.29) is 12.1 Å². The van der Waals surface area contributed by atoms with Crippen LogP contribution in [0.3, 0.4) is 0 Å². The standard InChI is InChI=1S/C14H23N3O6S.CO2/c1-7(13(22)17-10(8(2)18)5-12(20)21)15-14(23)11(6-24-4)16-9(3)19;2-1-3/h7,10-11H,5-6H2,1-4H3,(H,15,23)(H,16,19)(H,17,22)(H,20,21);/t7-,10-,11-;/m0./s1. The van der Waals surface area contributed by atoms with E-state index in [0.717, 1.165) is 0 Å². The van der Waals surface area contributed by atoms with Gasteiger partial charge in [-0.1, -0.05) is 0 Å². The van der Waals surface area contributed by atoms with Crippen LogP contribution in [0.25, 0.3) is 0 Å². The second-order valence-corrected chi connectivity index (χ2v) is 6.20. The second kappa shape index (κ2) is 14.4. The molecule has 3 atom stereocenters. The number of hydrogen-bond donors (Lipinski definition) is 4. The minimum absolute atomic E-state index is 0.250. The molecular weight excluding hydrogens is 382 g/mol. The number of thioether (sulfide) groups is 1. The number of Topliss-reactive ketones (excluding diaryl/α,β-unsaturated/α-hetero) is 1. The Kier molecular flexibility index (Phi) is 14.2. The Morgan fingerprint density at radius 3 is 1.85 bits per heavy atom. The van der Waals surface area contributed by atoms with Gasteiger partial charge in [-0.15, -0.1) is 0 Å². The van der Waals surface area contributed by atoms with Crippen molar-refractivity contribution in [2.45, 2.75) is 45.3 Å². The Hall–Kier alpha value is -2.72. The summed E-state index contributed by atoms with van der Waals surface area (Å²) in [4.78, 5) is 73.5. The minimum atomic E-state index is -1.22. The van der Waals surface area contributed by atoms with Gasteiger partial charge < -0.3 is 21.1 Å². The van der Waals surface area contributed by atoms with Crippen molar-refractivity contribution in [3.05, 3.63) is 0 Å². The Morgan fingerprint density at radius 1 is 0.963 bits per heavy atom. The molecule has 27 heavy (non-hydrogen) atoms. The van der Waals surface area contributed by atoms with Gasteiger partial charge in [0.2, 0.25) is 17.7 Å². The smallest absolute Gasteiger partial charge is 0.373 e. The zero-order valence-corrected chi connectivity index (χ0v) is 16.2. The van der Waals surface area contributed by atoms with Gasteiger partial charge >= 0.3 is 12.1 Å². The van der Waals surface area contributed by atoms with Gasteiger partial charge in [0.05, 0.1) is 12.5 Å². The van der Waals surface area contributed by atoms with Crippen LogP contribution in [0.4, 0.5) is 0 Å². The van der Waals surface area contributed by atoms with E-state index in [9.17, 15) is 24.0 Å². The average molecular weight is 405 g/mol. The van der Waals surface area contributed by atoms with Crippen LogP contribution in [0.1, 0.15) is 27.2 Å².